The molecule has 0 bridgehead atoms. The van der Waals surface area contributed by atoms with Crippen molar-refractivity contribution >= 4 is 22.7 Å². The topological polar surface area (TPSA) is 19.0 Å². The van der Waals surface area contributed by atoms with E-state index in [1.165, 1.54) is 40.8 Å². The molecule has 3 heteroatoms. The zero-order valence-electron chi connectivity index (χ0n) is 12.5. The minimum Gasteiger partial charge on any atom is -0.361 e. The quantitative estimate of drug-likeness (QED) is 0.920. The molecule has 108 valence electrons. The van der Waals surface area contributed by atoms with Crippen LogP contribution in [0.5, 0.6) is 0 Å². The first-order chi connectivity index (χ1) is 9.74. The van der Waals surface area contributed by atoms with E-state index < -0.39 is 0 Å². The standard InChI is InChI=1S/C17H24N2S/c1-19(2)8-5-15-12-18-17-4-3-14(11-16(15)17)13-6-9-20-10-7-13/h3-4,11-13,18H,5-10H2,1-2H3. The highest BCUT2D eigenvalue weighted by Crippen LogP contribution is 2.33. The van der Waals surface area contributed by atoms with Gasteiger partial charge in [0.25, 0.3) is 0 Å². The molecule has 0 radical (unpaired) electrons. The average molecular weight is 288 g/mol. The Morgan fingerprint density at radius 3 is 2.80 bits per heavy atom. The fourth-order valence-electron chi connectivity index (χ4n) is 3.03. The van der Waals surface area contributed by atoms with Crippen LogP contribution in [-0.2, 0) is 6.42 Å². The average Bonchev–Trinajstić information content (AvgIpc) is 2.88. The Kier molecular flexibility index (Phi) is 4.37. The summed E-state index contributed by atoms with van der Waals surface area (Å²) in [7, 11) is 4.28. The summed E-state index contributed by atoms with van der Waals surface area (Å²) in [6.45, 7) is 1.11. The second-order valence-electron chi connectivity index (χ2n) is 6.06. The largest absolute Gasteiger partial charge is 0.361 e. The van der Waals surface area contributed by atoms with E-state index >= 15 is 0 Å². The zero-order valence-corrected chi connectivity index (χ0v) is 13.3. The Labute approximate surface area is 125 Å². The predicted molar refractivity (Wildman–Crippen MR) is 89.9 cm³/mol. The lowest BCUT2D eigenvalue weighted by Crippen LogP contribution is -2.14. The Bertz CT molecular complexity index is 567. The molecule has 1 aliphatic heterocycles. The van der Waals surface area contributed by atoms with Crippen molar-refractivity contribution in [3.8, 4) is 0 Å². The molecule has 3 rings (SSSR count). The molecule has 1 N–H and O–H groups in total. The molecule has 1 aliphatic rings. The van der Waals surface area contributed by atoms with Crippen LogP contribution in [0.2, 0.25) is 0 Å². The molecule has 0 unspecified atom stereocenters. The van der Waals surface area contributed by atoms with Crippen molar-refractivity contribution in [2.75, 3.05) is 32.1 Å². The number of H-pyrrole nitrogens is 1. The van der Waals surface area contributed by atoms with Gasteiger partial charge in [-0.1, -0.05) is 6.07 Å². The summed E-state index contributed by atoms with van der Waals surface area (Å²) < 4.78 is 0. The lowest BCUT2D eigenvalue weighted by atomic mass is 9.92. The van der Waals surface area contributed by atoms with E-state index in [-0.39, 0.29) is 0 Å². The number of nitrogens with one attached hydrogen (secondary N) is 1. The van der Waals surface area contributed by atoms with Crippen LogP contribution in [0.3, 0.4) is 0 Å². The fraction of sp³-hybridized carbons (Fsp3) is 0.529. The lowest BCUT2D eigenvalue weighted by molar-refractivity contribution is 0.414. The number of fused-ring (bicyclic) bond motifs is 1. The van der Waals surface area contributed by atoms with Crippen LogP contribution in [0.4, 0.5) is 0 Å². The fourth-order valence-corrected chi connectivity index (χ4v) is 4.14. The van der Waals surface area contributed by atoms with Crippen LogP contribution in [0, 0.1) is 0 Å². The summed E-state index contributed by atoms with van der Waals surface area (Å²) in [5.41, 5.74) is 4.29. The van der Waals surface area contributed by atoms with Gasteiger partial charge in [-0.25, -0.2) is 0 Å². The van der Waals surface area contributed by atoms with E-state index in [0.29, 0.717) is 0 Å². The highest BCUT2D eigenvalue weighted by Gasteiger charge is 2.16. The van der Waals surface area contributed by atoms with Crippen LogP contribution in [0.15, 0.2) is 24.4 Å². The summed E-state index contributed by atoms with van der Waals surface area (Å²) in [5.74, 6) is 3.42. The molecular weight excluding hydrogens is 264 g/mol. The third kappa shape index (κ3) is 3.04. The maximum absolute atomic E-state index is 3.42. The third-order valence-electron chi connectivity index (χ3n) is 4.31. The van der Waals surface area contributed by atoms with Crippen LogP contribution in [0.25, 0.3) is 10.9 Å². The summed E-state index contributed by atoms with van der Waals surface area (Å²) in [4.78, 5) is 5.67. The monoisotopic (exact) mass is 288 g/mol. The number of nitrogens with zero attached hydrogens (tertiary/aromatic N) is 1. The maximum atomic E-state index is 3.42. The van der Waals surface area contributed by atoms with E-state index in [4.69, 9.17) is 0 Å². The van der Waals surface area contributed by atoms with Crippen LogP contribution >= 0.6 is 11.8 Å². The van der Waals surface area contributed by atoms with Crippen molar-refractivity contribution in [3.05, 3.63) is 35.5 Å². The van der Waals surface area contributed by atoms with Crippen molar-refractivity contribution in [3.63, 3.8) is 0 Å². The van der Waals surface area contributed by atoms with Crippen molar-refractivity contribution in [1.82, 2.24) is 9.88 Å². The molecule has 0 atom stereocenters. The van der Waals surface area contributed by atoms with Crippen LogP contribution in [0.1, 0.15) is 29.9 Å². The first-order valence-corrected chi connectivity index (χ1v) is 8.72. The van der Waals surface area contributed by atoms with Gasteiger partial charge >= 0.3 is 0 Å². The normalized spacial score (nSPS) is 17.1. The van der Waals surface area contributed by atoms with Gasteiger partial charge < -0.3 is 9.88 Å². The summed E-state index contributed by atoms with van der Waals surface area (Å²) in [6.07, 6.45) is 5.99. The van der Waals surface area contributed by atoms with Crippen LogP contribution in [-0.4, -0.2) is 42.0 Å². The summed E-state index contributed by atoms with van der Waals surface area (Å²) in [5, 5.41) is 1.43. The van der Waals surface area contributed by atoms with Gasteiger partial charge in [-0.05, 0) is 74.0 Å². The van der Waals surface area contributed by atoms with Gasteiger partial charge in [-0.3, -0.25) is 0 Å². The smallest absolute Gasteiger partial charge is 0.0456 e. The second kappa shape index (κ2) is 6.23. The minimum absolute atomic E-state index is 0.775. The van der Waals surface area contributed by atoms with Gasteiger partial charge in [0.05, 0.1) is 0 Å². The predicted octanol–water partition coefficient (Wildman–Crippen LogP) is 3.88. The molecule has 1 saturated heterocycles. The van der Waals surface area contributed by atoms with Gasteiger partial charge in [0.2, 0.25) is 0 Å². The summed E-state index contributed by atoms with van der Waals surface area (Å²) >= 11 is 2.10. The highest BCUT2D eigenvalue weighted by atomic mass is 32.2. The van der Waals surface area contributed by atoms with Gasteiger partial charge in [0.15, 0.2) is 0 Å². The first-order valence-electron chi connectivity index (χ1n) is 7.56. The van der Waals surface area contributed by atoms with Crippen molar-refractivity contribution < 1.29 is 0 Å². The molecule has 0 spiro atoms. The highest BCUT2D eigenvalue weighted by molar-refractivity contribution is 7.99. The number of benzene rings is 1. The van der Waals surface area contributed by atoms with Crippen molar-refractivity contribution in [2.45, 2.75) is 25.2 Å². The number of aromatic nitrogens is 1. The molecule has 0 amide bonds. The Hall–Kier alpha value is -0.930. The number of aromatic amines is 1. The molecule has 2 nitrogen and oxygen atoms in total. The number of thioether (sulfide) groups is 1. The lowest BCUT2D eigenvalue weighted by Gasteiger charge is -2.21. The maximum Gasteiger partial charge on any atom is 0.0456 e. The Morgan fingerprint density at radius 1 is 1.25 bits per heavy atom. The Morgan fingerprint density at radius 2 is 2.05 bits per heavy atom. The molecule has 1 aromatic heterocycles. The van der Waals surface area contributed by atoms with E-state index in [2.05, 4.69) is 60.1 Å². The van der Waals surface area contributed by atoms with Gasteiger partial charge in [0.1, 0.15) is 0 Å². The van der Waals surface area contributed by atoms with Crippen LogP contribution < -0.4 is 0 Å². The Balaban J connectivity index is 1.86. The molecule has 1 aromatic carbocycles. The van der Waals surface area contributed by atoms with Gasteiger partial charge in [-0.15, -0.1) is 0 Å². The van der Waals surface area contributed by atoms with E-state index in [9.17, 15) is 0 Å². The summed E-state index contributed by atoms with van der Waals surface area (Å²) in [6, 6.07) is 7.04. The van der Waals surface area contributed by atoms with Crippen molar-refractivity contribution in [2.24, 2.45) is 0 Å². The number of rotatable bonds is 4. The molecule has 0 aliphatic carbocycles. The molecule has 1 fully saturated rings. The second-order valence-corrected chi connectivity index (χ2v) is 7.28. The number of hydrogen-bond donors (Lipinski definition) is 1. The van der Waals surface area contributed by atoms with Gasteiger partial charge in [0, 0.05) is 23.6 Å². The van der Waals surface area contributed by atoms with E-state index in [0.717, 1.165) is 18.9 Å². The van der Waals surface area contributed by atoms with E-state index in [1.807, 2.05) is 0 Å². The molecule has 20 heavy (non-hydrogen) atoms. The van der Waals surface area contributed by atoms with Crippen molar-refractivity contribution in [1.29, 1.82) is 0 Å². The number of likely N-dealkylation sites (N-methyl/N-ethyl adjacent to an activating group) is 1. The minimum atomic E-state index is 0.775. The zero-order chi connectivity index (χ0) is 13.9. The molecule has 2 heterocycles. The van der Waals surface area contributed by atoms with E-state index in [1.54, 1.807) is 5.56 Å². The van der Waals surface area contributed by atoms with Gasteiger partial charge in [-0.2, -0.15) is 11.8 Å². The first kappa shape index (κ1) is 14.0. The third-order valence-corrected chi connectivity index (χ3v) is 5.36. The molecule has 0 saturated carbocycles. The molecular formula is C17H24N2S. The number of hydrogen-bond acceptors (Lipinski definition) is 2. The SMILES string of the molecule is CN(C)CCc1c[nH]c2ccc(C3CCSCC3)cc12. The molecule has 2 aromatic rings.